The third-order valence-corrected chi connectivity index (χ3v) is 4.74. The zero-order valence-electron chi connectivity index (χ0n) is 17.2. The van der Waals surface area contributed by atoms with Crippen molar-refractivity contribution in [2.75, 3.05) is 12.3 Å². The lowest BCUT2D eigenvalue weighted by molar-refractivity contribution is 0.328. The molecule has 0 radical (unpaired) electrons. The lowest BCUT2D eigenvalue weighted by Crippen LogP contribution is -2.21. The van der Waals surface area contributed by atoms with Gasteiger partial charge in [0.05, 0.1) is 29.7 Å². The summed E-state index contributed by atoms with van der Waals surface area (Å²) in [6.07, 6.45) is 4.78. The van der Waals surface area contributed by atoms with E-state index in [1.54, 1.807) is 24.0 Å². The molecule has 0 aliphatic heterocycles. The Bertz CT molecular complexity index is 1260. The average Bonchev–Trinajstić information content (AvgIpc) is 3.12. The van der Waals surface area contributed by atoms with Crippen LogP contribution in [0.2, 0.25) is 0 Å². The van der Waals surface area contributed by atoms with Crippen molar-refractivity contribution in [1.82, 2.24) is 29.3 Å². The fourth-order valence-electron chi connectivity index (χ4n) is 3.39. The quantitative estimate of drug-likeness (QED) is 0.524. The summed E-state index contributed by atoms with van der Waals surface area (Å²) in [7, 11) is 1.66. The summed E-state index contributed by atoms with van der Waals surface area (Å²) < 4.78 is 8.81. The number of hydrogen-bond acceptors (Lipinski definition) is 7. The van der Waals surface area contributed by atoms with Crippen LogP contribution < -0.4 is 16.0 Å². The molecule has 0 amide bonds. The van der Waals surface area contributed by atoms with E-state index in [1.807, 2.05) is 25.1 Å². The lowest BCUT2D eigenvalue weighted by atomic mass is 10.2. The summed E-state index contributed by atoms with van der Waals surface area (Å²) in [6.45, 7) is 4.37. The number of nitrogen functional groups attached to an aromatic ring is 1. The molecule has 0 saturated carbocycles. The molecular formula is C21H23N7O2. The van der Waals surface area contributed by atoms with E-state index < -0.39 is 0 Å². The number of hydrogen-bond donors (Lipinski definition) is 1. The van der Waals surface area contributed by atoms with Crippen LogP contribution in [0.4, 0.5) is 5.69 Å². The Morgan fingerprint density at radius 1 is 1.17 bits per heavy atom. The van der Waals surface area contributed by atoms with Crippen LogP contribution in [0, 0.1) is 0 Å². The van der Waals surface area contributed by atoms with Gasteiger partial charge >= 0.3 is 0 Å². The second-order valence-electron chi connectivity index (χ2n) is 6.85. The molecule has 2 N–H and O–H groups in total. The summed E-state index contributed by atoms with van der Waals surface area (Å²) in [5, 5.41) is 4.56. The molecule has 30 heavy (non-hydrogen) atoms. The molecule has 9 nitrogen and oxygen atoms in total. The van der Waals surface area contributed by atoms with Crippen molar-refractivity contribution in [2.45, 2.75) is 26.7 Å². The van der Waals surface area contributed by atoms with Crippen LogP contribution in [0.25, 0.3) is 28.2 Å². The van der Waals surface area contributed by atoms with Gasteiger partial charge in [-0.05, 0) is 31.5 Å². The van der Waals surface area contributed by atoms with Crippen molar-refractivity contribution in [2.24, 2.45) is 7.05 Å². The predicted molar refractivity (Wildman–Crippen MR) is 115 cm³/mol. The van der Waals surface area contributed by atoms with Crippen LogP contribution in [0.3, 0.4) is 0 Å². The van der Waals surface area contributed by atoms with Crippen LogP contribution in [0.1, 0.15) is 26.0 Å². The van der Waals surface area contributed by atoms with E-state index in [-0.39, 0.29) is 5.56 Å². The van der Waals surface area contributed by atoms with Gasteiger partial charge in [0.1, 0.15) is 11.3 Å². The Morgan fingerprint density at radius 2 is 2.00 bits per heavy atom. The maximum Gasteiger partial charge on any atom is 0.281 e. The topological polar surface area (TPSA) is 114 Å². The molecule has 0 aliphatic carbocycles. The molecule has 4 aromatic rings. The molecule has 0 spiro atoms. The van der Waals surface area contributed by atoms with Gasteiger partial charge in [0.15, 0.2) is 11.3 Å². The number of nitrogens with zero attached hydrogens (tertiary/aromatic N) is 6. The van der Waals surface area contributed by atoms with E-state index >= 15 is 0 Å². The van der Waals surface area contributed by atoms with Crippen molar-refractivity contribution < 1.29 is 4.74 Å². The highest BCUT2D eigenvalue weighted by molar-refractivity contribution is 5.80. The van der Waals surface area contributed by atoms with Crippen molar-refractivity contribution in [3.8, 4) is 23.1 Å². The predicted octanol–water partition coefficient (Wildman–Crippen LogP) is 2.51. The van der Waals surface area contributed by atoms with Crippen LogP contribution >= 0.6 is 0 Å². The molecular weight excluding hydrogens is 382 g/mol. The molecule has 0 atom stereocenters. The van der Waals surface area contributed by atoms with E-state index in [0.717, 1.165) is 12.1 Å². The summed E-state index contributed by atoms with van der Waals surface area (Å²) in [5.41, 5.74) is 8.40. The van der Waals surface area contributed by atoms with Crippen LogP contribution in [-0.4, -0.2) is 35.9 Å². The van der Waals surface area contributed by atoms with E-state index in [2.05, 4.69) is 22.0 Å². The van der Waals surface area contributed by atoms with Crippen molar-refractivity contribution in [3.05, 3.63) is 52.7 Å². The first kappa shape index (κ1) is 19.6. The first-order valence-corrected chi connectivity index (χ1v) is 9.83. The monoisotopic (exact) mass is 405 g/mol. The van der Waals surface area contributed by atoms with Crippen LogP contribution in [0.5, 0.6) is 5.88 Å². The van der Waals surface area contributed by atoms with Gasteiger partial charge in [-0.15, -0.1) is 0 Å². The van der Waals surface area contributed by atoms with Gasteiger partial charge in [-0.1, -0.05) is 19.4 Å². The van der Waals surface area contributed by atoms with Crippen molar-refractivity contribution in [3.63, 3.8) is 0 Å². The van der Waals surface area contributed by atoms with E-state index in [1.165, 1.54) is 10.8 Å². The van der Waals surface area contributed by atoms with E-state index in [0.29, 0.717) is 52.8 Å². The number of ether oxygens (including phenoxy) is 1. The number of fused-ring (bicyclic) bond motifs is 1. The molecule has 0 aliphatic rings. The lowest BCUT2D eigenvalue weighted by Gasteiger charge is -2.12. The molecule has 0 aromatic carbocycles. The Morgan fingerprint density at radius 3 is 2.70 bits per heavy atom. The van der Waals surface area contributed by atoms with Crippen LogP contribution in [-0.2, 0) is 13.5 Å². The zero-order valence-corrected chi connectivity index (χ0v) is 17.2. The standard InChI is InChI=1S/C21H23N7O2/c1-4-8-15-17-18(26-28(15)16-9-6-7-10-23-16)21(29)27(3)19(25-17)14-11-13(22)12-24-20(14)30-5-2/h6-7,9-12H,4-5,8,22H2,1-3H3. The molecule has 4 rings (SSSR count). The minimum Gasteiger partial charge on any atom is -0.477 e. The van der Waals surface area contributed by atoms with Gasteiger partial charge in [0.2, 0.25) is 5.88 Å². The maximum atomic E-state index is 13.2. The highest BCUT2D eigenvalue weighted by Gasteiger charge is 2.22. The van der Waals surface area contributed by atoms with Gasteiger partial charge in [-0.2, -0.15) is 5.10 Å². The van der Waals surface area contributed by atoms with Gasteiger partial charge < -0.3 is 10.5 Å². The maximum absolute atomic E-state index is 13.2. The largest absolute Gasteiger partial charge is 0.477 e. The number of nitrogens with two attached hydrogens (primary N) is 1. The second kappa shape index (κ2) is 7.94. The molecule has 9 heteroatoms. The van der Waals surface area contributed by atoms with E-state index in [4.69, 9.17) is 15.5 Å². The molecule has 0 bridgehead atoms. The number of pyridine rings is 2. The molecule has 154 valence electrons. The van der Waals surface area contributed by atoms with Crippen LogP contribution in [0.15, 0.2) is 41.5 Å². The fourth-order valence-corrected chi connectivity index (χ4v) is 3.39. The molecule has 4 aromatic heterocycles. The Balaban J connectivity index is 2.03. The minimum atomic E-state index is -0.257. The summed E-state index contributed by atoms with van der Waals surface area (Å²) in [6, 6.07) is 7.29. The smallest absolute Gasteiger partial charge is 0.281 e. The molecule has 0 fully saturated rings. The number of rotatable bonds is 6. The third-order valence-electron chi connectivity index (χ3n) is 4.74. The van der Waals surface area contributed by atoms with Gasteiger partial charge in [-0.3, -0.25) is 9.36 Å². The van der Waals surface area contributed by atoms with Crippen molar-refractivity contribution >= 4 is 16.7 Å². The first-order valence-electron chi connectivity index (χ1n) is 9.83. The molecule has 4 heterocycles. The average molecular weight is 405 g/mol. The molecule has 0 unspecified atom stereocenters. The SMILES string of the molecule is CCCc1c2nc(-c3cc(N)cnc3OCC)n(C)c(=O)c2nn1-c1ccccn1. The summed E-state index contributed by atoms with van der Waals surface area (Å²) in [5.74, 6) is 1.44. The second-order valence-corrected chi connectivity index (χ2v) is 6.85. The Kier molecular flexibility index (Phi) is 5.18. The normalized spacial score (nSPS) is 11.2. The summed E-state index contributed by atoms with van der Waals surface area (Å²) in [4.78, 5) is 26.7. The Labute approximate surface area is 173 Å². The molecule has 0 saturated heterocycles. The van der Waals surface area contributed by atoms with Gasteiger partial charge in [0.25, 0.3) is 5.56 Å². The van der Waals surface area contributed by atoms with Crippen molar-refractivity contribution in [1.29, 1.82) is 0 Å². The van der Waals surface area contributed by atoms with Gasteiger partial charge in [0, 0.05) is 13.2 Å². The first-order chi connectivity index (χ1) is 14.5. The highest BCUT2D eigenvalue weighted by Crippen LogP contribution is 2.29. The number of aromatic nitrogens is 6. The number of anilines is 1. The van der Waals surface area contributed by atoms with E-state index in [9.17, 15) is 4.79 Å². The third kappa shape index (κ3) is 3.28. The fraction of sp³-hybridized carbons (Fsp3) is 0.286. The minimum absolute atomic E-state index is 0.257. The van der Waals surface area contributed by atoms with Gasteiger partial charge in [-0.25, -0.2) is 19.6 Å². The highest BCUT2D eigenvalue weighted by atomic mass is 16.5. The number of aryl methyl sites for hydroxylation is 1. The Hall–Kier alpha value is -3.75. The summed E-state index contributed by atoms with van der Waals surface area (Å²) >= 11 is 0. The zero-order chi connectivity index (χ0) is 21.3.